The summed E-state index contributed by atoms with van der Waals surface area (Å²) in [5.41, 5.74) is 3.62. The van der Waals surface area contributed by atoms with E-state index in [1.54, 1.807) is 7.11 Å². The minimum Gasteiger partial charge on any atom is -0.496 e. The monoisotopic (exact) mass is 192 g/mol. The Balaban J connectivity index is 2.74. The van der Waals surface area contributed by atoms with Crippen molar-refractivity contribution in [3.8, 4) is 5.75 Å². The molecule has 1 heterocycles. The maximum Gasteiger partial charge on any atom is 0.342 e. The first-order chi connectivity index (χ1) is 6.65. The van der Waals surface area contributed by atoms with Crippen molar-refractivity contribution in [1.82, 2.24) is 0 Å². The molecule has 0 unspecified atom stereocenters. The molecule has 74 valence electrons. The topological polar surface area (TPSA) is 35.5 Å². The molecule has 0 N–H and O–H groups in total. The molecule has 3 nitrogen and oxygen atoms in total. The molecule has 0 saturated heterocycles. The number of methoxy groups -OCH3 is 1. The van der Waals surface area contributed by atoms with Crippen molar-refractivity contribution in [3.05, 3.63) is 28.3 Å². The van der Waals surface area contributed by atoms with Crippen LogP contribution in [0.4, 0.5) is 0 Å². The minimum absolute atomic E-state index is 0.274. The summed E-state index contributed by atoms with van der Waals surface area (Å²) in [5, 5.41) is 0. The van der Waals surface area contributed by atoms with E-state index in [-0.39, 0.29) is 5.97 Å². The van der Waals surface area contributed by atoms with Gasteiger partial charge in [-0.25, -0.2) is 4.79 Å². The molecular weight excluding hydrogens is 180 g/mol. The first-order valence-electron chi connectivity index (χ1n) is 4.49. The second-order valence-corrected chi connectivity index (χ2v) is 3.47. The molecule has 0 spiro atoms. The van der Waals surface area contributed by atoms with Crippen LogP contribution in [-0.2, 0) is 11.3 Å². The van der Waals surface area contributed by atoms with Gasteiger partial charge in [0.1, 0.15) is 17.9 Å². The molecule has 2 rings (SSSR count). The van der Waals surface area contributed by atoms with Crippen LogP contribution in [0.2, 0.25) is 0 Å². The number of fused-ring (bicyclic) bond motifs is 1. The largest absolute Gasteiger partial charge is 0.496 e. The average Bonchev–Trinajstić information content (AvgIpc) is 2.50. The van der Waals surface area contributed by atoms with E-state index in [4.69, 9.17) is 9.47 Å². The van der Waals surface area contributed by atoms with Crippen molar-refractivity contribution >= 4 is 5.97 Å². The van der Waals surface area contributed by atoms with Crippen molar-refractivity contribution in [1.29, 1.82) is 0 Å². The van der Waals surface area contributed by atoms with Gasteiger partial charge in [0.25, 0.3) is 0 Å². The summed E-state index contributed by atoms with van der Waals surface area (Å²) in [6.45, 7) is 4.28. The highest BCUT2D eigenvalue weighted by atomic mass is 16.5. The van der Waals surface area contributed by atoms with Gasteiger partial charge in [-0.05, 0) is 25.0 Å². The van der Waals surface area contributed by atoms with Crippen LogP contribution in [0.5, 0.6) is 5.75 Å². The van der Waals surface area contributed by atoms with Crippen molar-refractivity contribution in [2.24, 2.45) is 0 Å². The molecule has 0 radical (unpaired) electrons. The van der Waals surface area contributed by atoms with Crippen LogP contribution in [0.3, 0.4) is 0 Å². The van der Waals surface area contributed by atoms with E-state index in [0.29, 0.717) is 17.9 Å². The number of carbonyl (C=O) groups excluding carboxylic acids is 1. The molecule has 0 amide bonds. The molecule has 1 aromatic rings. The zero-order valence-corrected chi connectivity index (χ0v) is 8.51. The second kappa shape index (κ2) is 3.01. The molecule has 1 aromatic carbocycles. The van der Waals surface area contributed by atoms with Gasteiger partial charge in [0.2, 0.25) is 0 Å². The van der Waals surface area contributed by atoms with Crippen molar-refractivity contribution in [2.75, 3.05) is 7.11 Å². The molecule has 0 saturated carbocycles. The lowest BCUT2D eigenvalue weighted by atomic mass is 9.99. The fourth-order valence-electron chi connectivity index (χ4n) is 1.88. The SMILES string of the molecule is COc1c(C)cc(C)c2c1C(=O)OC2. The van der Waals surface area contributed by atoms with Gasteiger partial charge >= 0.3 is 5.97 Å². The first-order valence-corrected chi connectivity index (χ1v) is 4.49. The van der Waals surface area contributed by atoms with Crippen LogP contribution in [0.25, 0.3) is 0 Å². The Morgan fingerprint density at radius 3 is 2.71 bits per heavy atom. The van der Waals surface area contributed by atoms with E-state index < -0.39 is 0 Å². The number of esters is 1. The highest BCUT2D eigenvalue weighted by molar-refractivity contribution is 5.97. The Hall–Kier alpha value is -1.51. The third kappa shape index (κ3) is 1.09. The molecule has 0 aliphatic carbocycles. The Kier molecular flexibility index (Phi) is 1.95. The maximum atomic E-state index is 11.4. The highest BCUT2D eigenvalue weighted by Crippen LogP contribution is 2.34. The van der Waals surface area contributed by atoms with E-state index in [2.05, 4.69) is 0 Å². The summed E-state index contributed by atoms with van der Waals surface area (Å²) >= 11 is 0. The molecule has 0 aromatic heterocycles. The van der Waals surface area contributed by atoms with E-state index >= 15 is 0 Å². The van der Waals surface area contributed by atoms with Gasteiger partial charge in [0.05, 0.1) is 7.11 Å². The van der Waals surface area contributed by atoms with Gasteiger partial charge in [-0.2, -0.15) is 0 Å². The number of benzene rings is 1. The van der Waals surface area contributed by atoms with Gasteiger partial charge in [-0.1, -0.05) is 6.07 Å². The number of aryl methyl sites for hydroxylation is 2. The lowest BCUT2D eigenvalue weighted by Gasteiger charge is -2.09. The average molecular weight is 192 g/mol. The minimum atomic E-state index is -0.274. The number of cyclic esters (lactones) is 1. The molecule has 1 aliphatic rings. The van der Waals surface area contributed by atoms with E-state index in [9.17, 15) is 4.79 Å². The Bertz CT molecular complexity index is 407. The number of ether oxygens (including phenoxy) is 2. The van der Waals surface area contributed by atoms with Gasteiger partial charge in [-0.3, -0.25) is 0 Å². The maximum absolute atomic E-state index is 11.4. The van der Waals surface area contributed by atoms with Crippen LogP contribution >= 0.6 is 0 Å². The number of hydrogen-bond acceptors (Lipinski definition) is 3. The number of hydrogen-bond donors (Lipinski definition) is 0. The summed E-state index contributed by atoms with van der Waals surface area (Å²) in [6, 6.07) is 2.01. The summed E-state index contributed by atoms with van der Waals surface area (Å²) < 4.78 is 10.2. The van der Waals surface area contributed by atoms with Crippen LogP contribution in [0, 0.1) is 13.8 Å². The van der Waals surface area contributed by atoms with Crippen LogP contribution in [-0.4, -0.2) is 13.1 Å². The molecule has 0 bridgehead atoms. The summed E-state index contributed by atoms with van der Waals surface area (Å²) in [5.74, 6) is 0.372. The standard InChI is InChI=1S/C11H12O3/c1-6-4-7(2)10(13-3)9-8(6)5-14-11(9)12/h4H,5H2,1-3H3. The summed E-state index contributed by atoms with van der Waals surface area (Å²) in [6.07, 6.45) is 0. The fraction of sp³-hybridized carbons (Fsp3) is 0.364. The Labute approximate surface area is 82.6 Å². The zero-order chi connectivity index (χ0) is 10.3. The zero-order valence-electron chi connectivity index (χ0n) is 8.51. The summed E-state index contributed by atoms with van der Waals surface area (Å²) in [4.78, 5) is 11.4. The normalized spacial score (nSPS) is 13.8. The third-order valence-electron chi connectivity index (χ3n) is 2.55. The van der Waals surface area contributed by atoms with Crippen molar-refractivity contribution < 1.29 is 14.3 Å². The lowest BCUT2D eigenvalue weighted by Crippen LogP contribution is -2.01. The first kappa shape index (κ1) is 9.06. The van der Waals surface area contributed by atoms with Gasteiger partial charge in [0, 0.05) is 5.56 Å². The van der Waals surface area contributed by atoms with Crippen LogP contribution < -0.4 is 4.74 Å². The predicted octanol–water partition coefficient (Wildman–Crippen LogP) is 1.98. The lowest BCUT2D eigenvalue weighted by molar-refractivity contribution is 0.0532. The molecule has 1 aliphatic heterocycles. The molecular formula is C11H12O3. The summed E-state index contributed by atoms with van der Waals surface area (Å²) in [7, 11) is 1.57. The third-order valence-corrected chi connectivity index (χ3v) is 2.55. The van der Waals surface area contributed by atoms with Gasteiger partial charge in [0.15, 0.2) is 0 Å². The van der Waals surface area contributed by atoms with Crippen LogP contribution in [0.15, 0.2) is 6.07 Å². The van der Waals surface area contributed by atoms with E-state index in [0.717, 1.165) is 16.7 Å². The predicted molar refractivity (Wildman–Crippen MR) is 51.6 cm³/mol. The van der Waals surface area contributed by atoms with E-state index in [1.165, 1.54) is 0 Å². The van der Waals surface area contributed by atoms with Gasteiger partial charge in [-0.15, -0.1) is 0 Å². The quantitative estimate of drug-likeness (QED) is 0.638. The number of rotatable bonds is 1. The molecule has 3 heteroatoms. The van der Waals surface area contributed by atoms with Crippen molar-refractivity contribution in [2.45, 2.75) is 20.5 Å². The van der Waals surface area contributed by atoms with Crippen molar-refractivity contribution in [3.63, 3.8) is 0 Å². The van der Waals surface area contributed by atoms with Crippen LogP contribution in [0.1, 0.15) is 27.0 Å². The molecule has 14 heavy (non-hydrogen) atoms. The van der Waals surface area contributed by atoms with E-state index in [1.807, 2.05) is 19.9 Å². The number of carbonyl (C=O) groups is 1. The molecule has 0 atom stereocenters. The smallest absolute Gasteiger partial charge is 0.342 e. The molecule has 0 fully saturated rings. The second-order valence-electron chi connectivity index (χ2n) is 3.47. The highest BCUT2D eigenvalue weighted by Gasteiger charge is 2.28. The Morgan fingerprint density at radius 2 is 2.07 bits per heavy atom. The Morgan fingerprint density at radius 1 is 1.36 bits per heavy atom. The fourth-order valence-corrected chi connectivity index (χ4v) is 1.88. The van der Waals surface area contributed by atoms with Gasteiger partial charge < -0.3 is 9.47 Å².